The van der Waals surface area contributed by atoms with Gasteiger partial charge in [-0.2, -0.15) is 0 Å². The molecule has 1 aliphatic heterocycles. The average Bonchev–Trinajstić information content (AvgIpc) is 3.15. The van der Waals surface area contributed by atoms with Crippen LogP contribution in [-0.2, 0) is 13.0 Å². The van der Waals surface area contributed by atoms with E-state index in [9.17, 15) is 4.79 Å². The maximum absolute atomic E-state index is 13.1. The Morgan fingerprint density at radius 3 is 2.58 bits per heavy atom. The fraction of sp³-hybridized carbons (Fsp3) is 0.444. The Labute approximate surface area is 183 Å². The molecule has 160 valence electrons. The second-order valence-electron chi connectivity index (χ2n) is 9.41. The molecule has 3 aromatic rings. The number of fused-ring (bicyclic) bond motifs is 3. The fourth-order valence-corrected chi connectivity index (χ4v) is 6.18. The Hall–Kier alpha value is -2.75. The highest BCUT2D eigenvalue weighted by atomic mass is 16.6. The van der Waals surface area contributed by atoms with Crippen LogP contribution < -0.4 is 4.74 Å². The standard InChI is InChI=1S/C27H30N2O2/c30-27(31-21-10-5-2-6-11-21)29-17-16-28-24-15-14-20(19-8-3-1-4-9-19)18-23(24)22-12-7-13-25(29)26(22)28/h2,5-6,10-11,14-15,18-19,25H,1,3-4,7-9,12-13,16-17H2. The van der Waals surface area contributed by atoms with Crippen molar-refractivity contribution < 1.29 is 9.53 Å². The Kier molecular flexibility index (Phi) is 4.74. The summed E-state index contributed by atoms with van der Waals surface area (Å²) in [7, 11) is 0. The number of aryl methyl sites for hydroxylation is 1. The number of hydrogen-bond acceptors (Lipinski definition) is 2. The van der Waals surface area contributed by atoms with E-state index in [0.717, 1.165) is 31.7 Å². The summed E-state index contributed by atoms with van der Waals surface area (Å²) >= 11 is 0. The molecule has 4 heteroatoms. The summed E-state index contributed by atoms with van der Waals surface area (Å²) in [5.74, 6) is 1.34. The molecule has 6 rings (SSSR count). The Morgan fingerprint density at radius 1 is 0.903 bits per heavy atom. The maximum Gasteiger partial charge on any atom is 0.415 e. The van der Waals surface area contributed by atoms with Crippen molar-refractivity contribution in [3.8, 4) is 5.75 Å². The van der Waals surface area contributed by atoms with Gasteiger partial charge in [0.15, 0.2) is 0 Å². The van der Waals surface area contributed by atoms with Gasteiger partial charge in [0.2, 0.25) is 0 Å². The lowest BCUT2D eigenvalue weighted by atomic mass is 9.83. The highest BCUT2D eigenvalue weighted by Gasteiger charge is 2.38. The molecule has 1 aromatic heterocycles. The first-order valence-corrected chi connectivity index (χ1v) is 12.0. The number of benzene rings is 2. The van der Waals surface area contributed by atoms with Gasteiger partial charge in [0, 0.05) is 29.7 Å². The highest BCUT2D eigenvalue weighted by molar-refractivity contribution is 5.87. The van der Waals surface area contributed by atoms with E-state index in [1.165, 1.54) is 59.8 Å². The van der Waals surface area contributed by atoms with Gasteiger partial charge in [-0.05, 0) is 73.4 Å². The summed E-state index contributed by atoms with van der Waals surface area (Å²) in [6.45, 7) is 1.55. The van der Waals surface area contributed by atoms with Gasteiger partial charge in [-0.25, -0.2) is 4.79 Å². The molecule has 1 fully saturated rings. The lowest BCUT2D eigenvalue weighted by Gasteiger charge is -2.39. The van der Waals surface area contributed by atoms with Gasteiger partial charge in [-0.15, -0.1) is 0 Å². The normalized spacial score (nSPS) is 21.2. The molecule has 2 aliphatic carbocycles. The molecule has 0 spiro atoms. The van der Waals surface area contributed by atoms with Crippen molar-refractivity contribution >= 4 is 17.0 Å². The predicted octanol–water partition coefficient (Wildman–Crippen LogP) is 6.58. The first kappa shape index (κ1) is 19.0. The molecule has 0 saturated heterocycles. The molecule has 31 heavy (non-hydrogen) atoms. The zero-order valence-electron chi connectivity index (χ0n) is 18.1. The summed E-state index contributed by atoms with van der Waals surface area (Å²) in [5.41, 5.74) is 5.71. The van der Waals surface area contributed by atoms with Crippen LogP contribution in [0.4, 0.5) is 4.79 Å². The lowest BCUT2D eigenvalue weighted by Crippen LogP contribution is -2.44. The largest absolute Gasteiger partial charge is 0.415 e. The van der Waals surface area contributed by atoms with Crippen LogP contribution >= 0.6 is 0 Å². The van der Waals surface area contributed by atoms with Gasteiger partial charge in [-0.1, -0.05) is 43.5 Å². The minimum atomic E-state index is -0.219. The van der Waals surface area contributed by atoms with Crippen LogP contribution in [0, 0.1) is 0 Å². The summed E-state index contributed by atoms with van der Waals surface area (Å²) in [4.78, 5) is 15.0. The number of aromatic nitrogens is 1. The van der Waals surface area contributed by atoms with Crippen molar-refractivity contribution in [2.45, 2.75) is 69.9 Å². The van der Waals surface area contributed by atoms with Gasteiger partial charge in [-0.3, -0.25) is 4.90 Å². The van der Waals surface area contributed by atoms with Crippen LogP contribution in [0.15, 0.2) is 48.5 Å². The molecular weight excluding hydrogens is 384 g/mol. The van der Waals surface area contributed by atoms with Crippen molar-refractivity contribution in [3.05, 3.63) is 65.4 Å². The summed E-state index contributed by atoms with van der Waals surface area (Å²) in [5, 5.41) is 1.43. The summed E-state index contributed by atoms with van der Waals surface area (Å²) < 4.78 is 8.21. The van der Waals surface area contributed by atoms with Crippen LogP contribution in [0.1, 0.15) is 73.7 Å². The lowest BCUT2D eigenvalue weighted by molar-refractivity contribution is 0.110. The van der Waals surface area contributed by atoms with Gasteiger partial charge in [0.25, 0.3) is 0 Å². The molecule has 1 amide bonds. The number of rotatable bonds is 2. The minimum Gasteiger partial charge on any atom is -0.410 e. The van der Waals surface area contributed by atoms with E-state index in [2.05, 4.69) is 22.8 Å². The Morgan fingerprint density at radius 2 is 1.74 bits per heavy atom. The summed E-state index contributed by atoms with van der Waals surface area (Å²) in [6, 6.07) is 16.8. The minimum absolute atomic E-state index is 0.124. The first-order valence-electron chi connectivity index (χ1n) is 12.0. The van der Waals surface area contributed by atoms with Gasteiger partial charge >= 0.3 is 6.09 Å². The van der Waals surface area contributed by atoms with E-state index in [1.807, 2.05) is 35.2 Å². The quantitative estimate of drug-likeness (QED) is 0.475. The zero-order valence-corrected chi connectivity index (χ0v) is 18.1. The molecule has 0 radical (unpaired) electrons. The number of carbonyl (C=O) groups excluding carboxylic acids is 1. The Balaban J connectivity index is 1.35. The van der Waals surface area contributed by atoms with E-state index in [0.29, 0.717) is 12.3 Å². The molecule has 0 N–H and O–H groups in total. The zero-order chi connectivity index (χ0) is 20.8. The number of para-hydroxylation sites is 1. The van der Waals surface area contributed by atoms with Crippen LogP contribution in [0.25, 0.3) is 10.9 Å². The molecule has 1 atom stereocenters. The second kappa shape index (κ2) is 7.74. The third-order valence-electron chi connectivity index (χ3n) is 7.66. The molecule has 3 aliphatic rings. The Bertz CT molecular complexity index is 1110. The number of hydrogen-bond donors (Lipinski definition) is 0. The van der Waals surface area contributed by atoms with Crippen molar-refractivity contribution in [3.63, 3.8) is 0 Å². The van der Waals surface area contributed by atoms with Crippen LogP contribution in [0.5, 0.6) is 5.75 Å². The number of amides is 1. The van der Waals surface area contributed by atoms with Crippen molar-refractivity contribution in [2.24, 2.45) is 0 Å². The monoisotopic (exact) mass is 414 g/mol. The van der Waals surface area contributed by atoms with E-state index in [1.54, 1.807) is 0 Å². The maximum atomic E-state index is 13.1. The second-order valence-corrected chi connectivity index (χ2v) is 9.41. The first-order chi connectivity index (χ1) is 15.3. The highest BCUT2D eigenvalue weighted by Crippen LogP contribution is 2.44. The molecule has 4 nitrogen and oxygen atoms in total. The fourth-order valence-electron chi connectivity index (χ4n) is 6.18. The summed E-state index contributed by atoms with van der Waals surface area (Å²) in [6.07, 6.45) is 9.81. The SMILES string of the molecule is O=C(Oc1ccccc1)N1CCn2c3c(c4cc(C5CCCCC5)ccc42)CCCC31. The van der Waals surface area contributed by atoms with Crippen LogP contribution in [-0.4, -0.2) is 22.1 Å². The van der Waals surface area contributed by atoms with Crippen LogP contribution in [0.3, 0.4) is 0 Å². The third kappa shape index (κ3) is 3.24. The van der Waals surface area contributed by atoms with Gasteiger partial charge < -0.3 is 9.30 Å². The van der Waals surface area contributed by atoms with Crippen molar-refractivity contribution in [2.75, 3.05) is 6.54 Å². The molecule has 1 unspecified atom stereocenters. The van der Waals surface area contributed by atoms with Crippen molar-refractivity contribution in [1.82, 2.24) is 9.47 Å². The van der Waals surface area contributed by atoms with E-state index in [-0.39, 0.29) is 12.1 Å². The van der Waals surface area contributed by atoms with Gasteiger partial charge in [0.05, 0.1) is 6.04 Å². The molecule has 1 saturated carbocycles. The number of carbonyl (C=O) groups is 1. The van der Waals surface area contributed by atoms with E-state index >= 15 is 0 Å². The smallest absolute Gasteiger partial charge is 0.410 e. The third-order valence-corrected chi connectivity index (χ3v) is 7.66. The van der Waals surface area contributed by atoms with Crippen molar-refractivity contribution in [1.29, 1.82) is 0 Å². The molecule has 2 heterocycles. The van der Waals surface area contributed by atoms with Crippen LogP contribution in [0.2, 0.25) is 0 Å². The average molecular weight is 415 g/mol. The molecule has 0 bridgehead atoms. The topological polar surface area (TPSA) is 34.5 Å². The number of ether oxygens (including phenoxy) is 1. The predicted molar refractivity (Wildman–Crippen MR) is 123 cm³/mol. The molecule has 2 aromatic carbocycles. The molecular formula is C27H30N2O2. The van der Waals surface area contributed by atoms with Gasteiger partial charge in [0.1, 0.15) is 5.75 Å². The number of nitrogens with zero attached hydrogens (tertiary/aromatic N) is 2. The van der Waals surface area contributed by atoms with E-state index in [4.69, 9.17) is 4.74 Å². The van der Waals surface area contributed by atoms with E-state index < -0.39 is 0 Å².